The smallest absolute Gasteiger partial charge is 0.165 e. The number of ether oxygens (including phenoxy) is 1. The minimum atomic E-state index is -1.26. The van der Waals surface area contributed by atoms with Gasteiger partial charge in [-0.1, -0.05) is 23.3 Å². The molecule has 122 valence electrons. The summed E-state index contributed by atoms with van der Waals surface area (Å²) in [5.41, 5.74) is 0.900. The third-order valence-corrected chi connectivity index (χ3v) is 4.89. The molecule has 0 saturated heterocycles. The first kappa shape index (κ1) is 17.3. The third kappa shape index (κ3) is 5.61. The summed E-state index contributed by atoms with van der Waals surface area (Å²) in [6, 6.07) is 4.82. The van der Waals surface area contributed by atoms with Crippen LogP contribution in [0.5, 0.6) is 5.75 Å². The highest BCUT2D eigenvalue weighted by Gasteiger charge is 2.25. The molecular formula is C17H24FNO2S. The lowest BCUT2D eigenvalue weighted by Gasteiger charge is -2.17. The lowest BCUT2D eigenvalue weighted by Crippen LogP contribution is -2.25. The van der Waals surface area contributed by atoms with E-state index in [1.165, 1.54) is 18.9 Å². The van der Waals surface area contributed by atoms with Crippen LogP contribution in [0.15, 0.2) is 22.6 Å². The average molecular weight is 325 g/mol. The van der Waals surface area contributed by atoms with E-state index in [9.17, 15) is 8.94 Å². The van der Waals surface area contributed by atoms with Gasteiger partial charge in [0.1, 0.15) is 16.1 Å². The van der Waals surface area contributed by atoms with Gasteiger partial charge in [-0.15, -0.1) is 0 Å². The predicted molar refractivity (Wildman–Crippen MR) is 89.3 cm³/mol. The van der Waals surface area contributed by atoms with Crippen LogP contribution in [0.25, 0.3) is 0 Å². The summed E-state index contributed by atoms with van der Waals surface area (Å²) in [5, 5.41) is 0. The first-order chi connectivity index (χ1) is 10.4. The maximum Gasteiger partial charge on any atom is 0.165 e. The second kappa shape index (κ2) is 7.47. The number of hydrogen-bond acceptors (Lipinski definition) is 3. The lowest BCUT2D eigenvalue weighted by molar-refractivity contribution is 0.288. The van der Waals surface area contributed by atoms with Crippen molar-refractivity contribution < 1.29 is 13.7 Å². The van der Waals surface area contributed by atoms with Crippen LogP contribution in [0.3, 0.4) is 0 Å². The second-order valence-corrected chi connectivity index (χ2v) is 8.63. The summed E-state index contributed by atoms with van der Waals surface area (Å²) in [6.45, 7) is 6.20. The van der Waals surface area contributed by atoms with E-state index in [2.05, 4.69) is 4.40 Å². The first-order valence-electron chi connectivity index (χ1n) is 7.72. The molecule has 1 fully saturated rings. The van der Waals surface area contributed by atoms with Gasteiger partial charge in [-0.2, -0.15) is 0 Å². The Morgan fingerprint density at radius 1 is 1.41 bits per heavy atom. The molecule has 1 aliphatic rings. The molecular weight excluding hydrogens is 301 g/mol. The molecule has 1 aromatic carbocycles. The van der Waals surface area contributed by atoms with Crippen molar-refractivity contribution in [1.82, 2.24) is 0 Å². The topological polar surface area (TPSA) is 44.7 Å². The number of rotatable bonds is 7. The van der Waals surface area contributed by atoms with Gasteiger partial charge in [-0.05, 0) is 50.8 Å². The van der Waals surface area contributed by atoms with Crippen LogP contribution in [0.4, 0.5) is 4.39 Å². The highest BCUT2D eigenvalue weighted by atomic mass is 32.2. The molecule has 0 N–H and O–H groups in total. The van der Waals surface area contributed by atoms with Gasteiger partial charge in [0, 0.05) is 6.42 Å². The summed E-state index contributed by atoms with van der Waals surface area (Å²) in [4.78, 5) is 0. The number of benzene rings is 1. The Kier molecular flexibility index (Phi) is 5.87. The summed E-state index contributed by atoms with van der Waals surface area (Å²) in [5.74, 6) is 0.726. The molecule has 1 saturated carbocycles. The molecule has 0 aromatic heterocycles. The third-order valence-electron chi connectivity index (χ3n) is 3.50. The fourth-order valence-corrected chi connectivity index (χ4v) is 2.42. The van der Waals surface area contributed by atoms with E-state index in [0.29, 0.717) is 18.8 Å². The molecule has 1 unspecified atom stereocenters. The maximum atomic E-state index is 13.7. The zero-order chi connectivity index (χ0) is 16.2. The minimum Gasteiger partial charge on any atom is -0.591 e. The molecule has 2 rings (SSSR count). The van der Waals surface area contributed by atoms with Crippen molar-refractivity contribution in [3.8, 4) is 5.75 Å². The first-order valence-corrected chi connectivity index (χ1v) is 8.82. The van der Waals surface area contributed by atoms with Gasteiger partial charge in [0.05, 0.1) is 12.8 Å². The Hall–Kier alpha value is -1.07. The van der Waals surface area contributed by atoms with Gasteiger partial charge in [-0.3, -0.25) is 0 Å². The Morgan fingerprint density at radius 3 is 2.77 bits per heavy atom. The molecule has 3 nitrogen and oxygen atoms in total. The van der Waals surface area contributed by atoms with E-state index in [0.717, 1.165) is 17.9 Å². The van der Waals surface area contributed by atoms with Gasteiger partial charge in [0.2, 0.25) is 0 Å². The largest absolute Gasteiger partial charge is 0.591 e. The number of nitrogens with zero attached hydrogens (tertiary/aromatic N) is 1. The standard InChI is InChI=1S/C17H24FNO2S/c1-17(2,3)22(20)19-10-8-14-6-7-15(18)16(12-14)21-11-9-13-4-5-13/h6-7,10,12-13H,4-5,8-9,11H2,1-3H3. The van der Waals surface area contributed by atoms with Crippen LogP contribution in [-0.4, -0.2) is 22.1 Å². The van der Waals surface area contributed by atoms with E-state index in [1.54, 1.807) is 18.3 Å². The van der Waals surface area contributed by atoms with Crippen LogP contribution in [-0.2, 0) is 17.8 Å². The second-order valence-electron chi connectivity index (χ2n) is 6.70. The van der Waals surface area contributed by atoms with Crippen molar-refractivity contribution >= 4 is 17.6 Å². The molecule has 1 aliphatic carbocycles. The summed E-state index contributed by atoms with van der Waals surface area (Å²) < 4.78 is 34.7. The summed E-state index contributed by atoms with van der Waals surface area (Å²) in [6.07, 6.45) is 5.68. The lowest BCUT2D eigenvalue weighted by atomic mass is 10.1. The van der Waals surface area contributed by atoms with Crippen molar-refractivity contribution in [2.24, 2.45) is 10.3 Å². The molecule has 0 heterocycles. The Balaban J connectivity index is 1.89. The van der Waals surface area contributed by atoms with E-state index in [-0.39, 0.29) is 10.6 Å². The fraction of sp³-hybridized carbons (Fsp3) is 0.588. The van der Waals surface area contributed by atoms with Gasteiger partial charge in [0.25, 0.3) is 0 Å². The monoisotopic (exact) mass is 325 g/mol. The van der Waals surface area contributed by atoms with Crippen molar-refractivity contribution in [1.29, 1.82) is 0 Å². The van der Waals surface area contributed by atoms with E-state index in [4.69, 9.17) is 4.74 Å². The molecule has 0 amide bonds. The summed E-state index contributed by atoms with van der Waals surface area (Å²) >= 11 is -1.26. The average Bonchev–Trinajstić information content (AvgIpc) is 3.25. The molecule has 0 bridgehead atoms. The molecule has 0 spiro atoms. The normalized spacial score (nSPS) is 17.0. The molecule has 0 radical (unpaired) electrons. The number of halogens is 1. The van der Waals surface area contributed by atoms with Gasteiger partial charge < -0.3 is 9.29 Å². The highest BCUT2D eigenvalue weighted by Crippen LogP contribution is 2.32. The van der Waals surface area contributed by atoms with Gasteiger partial charge in [0.15, 0.2) is 11.6 Å². The van der Waals surface area contributed by atoms with Crippen LogP contribution in [0.1, 0.15) is 45.6 Å². The van der Waals surface area contributed by atoms with Gasteiger partial charge >= 0.3 is 0 Å². The number of hydrogen-bond donors (Lipinski definition) is 0. The summed E-state index contributed by atoms with van der Waals surface area (Å²) in [7, 11) is 0. The van der Waals surface area contributed by atoms with Crippen LogP contribution in [0, 0.1) is 11.7 Å². The maximum absolute atomic E-state index is 13.7. The molecule has 1 aromatic rings. The zero-order valence-electron chi connectivity index (χ0n) is 13.5. The predicted octanol–water partition coefficient (Wildman–Crippen LogP) is 4.08. The van der Waals surface area contributed by atoms with Crippen molar-refractivity contribution in [3.63, 3.8) is 0 Å². The van der Waals surface area contributed by atoms with Gasteiger partial charge in [-0.25, -0.2) is 4.39 Å². The van der Waals surface area contributed by atoms with Crippen LogP contribution >= 0.6 is 0 Å². The molecule has 22 heavy (non-hydrogen) atoms. The molecule has 5 heteroatoms. The van der Waals surface area contributed by atoms with E-state index < -0.39 is 11.4 Å². The fourth-order valence-electron chi connectivity index (χ4n) is 1.90. The van der Waals surface area contributed by atoms with Crippen LogP contribution in [0.2, 0.25) is 0 Å². The highest BCUT2D eigenvalue weighted by molar-refractivity contribution is 7.91. The molecule has 0 aliphatic heterocycles. The van der Waals surface area contributed by atoms with E-state index in [1.807, 2.05) is 20.8 Å². The van der Waals surface area contributed by atoms with Crippen molar-refractivity contribution in [3.05, 3.63) is 29.6 Å². The SMILES string of the molecule is CC(C)(C)[S+]([O-])N=CCc1ccc(F)c(OCCC2CC2)c1. The van der Waals surface area contributed by atoms with E-state index >= 15 is 0 Å². The Morgan fingerprint density at radius 2 is 2.14 bits per heavy atom. The van der Waals surface area contributed by atoms with Crippen molar-refractivity contribution in [2.45, 2.75) is 51.2 Å². The minimum absolute atomic E-state index is 0.295. The Bertz CT molecular complexity index is 524. The molecule has 1 atom stereocenters. The quantitative estimate of drug-likeness (QED) is 0.560. The Labute approximate surface area is 135 Å². The van der Waals surface area contributed by atoms with Crippen molar-refractivity contribution in [2.75, 3.05) is 6.61 Å². The zero-order valence-corrected chi connectivity index (χ0v) is 14.3. The van der Waals surface area contributed by atoms with Crippen LogP contribution < -0.4 is 4.74 Å².